The second-order valence-corrected chi connectivity index (χ2v) is 14.8. The lowest BCUT2D eigenvalue weighted by atomic mass is 9.89. The molecule has 0 radical (unpaired) electrons. The second-order valence-electron chi connectivity index (χ2n) is 14.8. The lowest BCUT2D eigenvalue weighted by Crippen LogP contribution is -2.46. The van der Waals surface area contributed by atoms with Gasteiger partial charge in [0.25, 0.3) is 17.7 Å². The van der Waals surface area contributed by atoms with E-state index in [1.54, 1.807) is 13.8 Å². The third-order valence-electron chi connectivity index (χ3n) is 10.5. The number of rotatable bonds is 26. The average Bonchev–Trinajstić information content (AvgIpc) is 3.23. The monoisotopic (exact) mass is 866 g/mol. The van der Waals surface area contributed by atoms with Crippen LogP contribution in [0.5, 0.6) is 0 Å². The summed E-state index contributed by atoms with van der Waals surface area (Å²) in [7, 11) is 0. The molecule has 0 spiro atoms. The quantitative estimate of drug-likeness (QED) is 0.0397. The highest BCUT2D eigenvalue weighted by Gasteiger charge is 2.32. The number of nitrogens with one attached hydrogen (secondary N) is 4. The van der Waals surface area contributed by atoms with Crippen molar-refractivity contribution >= 4 is 41.9 Å². The molecular formula is C40H62N6O15. The van der Waals surface area contributed by atoms with Gasteiger partial charge in [0.15, 0.2) is 0 Å². The Bertz CT molecular complexity index is 1840. The van der Waals surface area contributed by atoms with Gasteiger partial charge in [0.1, 0.15) is 0 Å². The van der Waals surface area contributed by atoms with E-state index in [4.69, 9.17) is 0 Å². The molecule has 21 nitrogen and oxygen atoms in total. The number of anilines is 2. The van der Waals surface area contributed by atoms with Crippen molar-refractivity contribution in [3.63, 3.8) is 0 Å². The van der Waals surface area contributed by atoms with Crippen LogP contribution in [0, 0.1) is 41.5 Å². The Kier molecular flexibility index (Phi) is 21.3. The van der Waals surface area contributed by atoms with Crippen LogP contribution in [0.25, 0.3) is 0 Å². The molecule has 2 rings (SSSR count). The summed E-state index contributed by atoms with van der Waals surface area (Å²) < 4.78 is 0. The van der Waals surface area contributed by atoms with Crippen LogP contribution in [-0.4, -0.2) is 184 Å². The number of hydrogen-bond donors (Lipinski definition) is 14. The molecule has 21 heteroatoms. The second kappa shape index (κ2) is 24.7. The van der Waals surface area contributed by atoms with Gasteiger partial charge in [-0.05, 0) is 80.5 Å². The number of hydrogen-bond acceptors (Lipinski definition) is 16. The normalized spacial score (nSPS) is 13.4. The van der Waals surface area contributed by atoms with Crippen LogP contribution in [0.3, 0.4) is 0 Å². The molecular weight excluding hydrogens is 804 g/mol. The van der Waals surface area contributed by atoms with E-state index < -0.39 is 107 Å². The zero-order valence-electron chi connectivity index (χ0n) is 35.3. The minimum atomic E-state index is -1.81. The van der Waals surface area contributed by atoms with Crippen LogP contribution in [-0.2, 0) is 16.1 Å². The van der Waals surface area contributed by atoms with Crippen molar-refractivity contribution in [2.75, 3.05) is 75.6 Å². The molecule has 0 aliphatic rings. The van der Waals surface area contributed by atoms with Gasteiger partial charge in [-0.15, -0.1) is 0 Å². The first-order valence-electron chi connectivity index (χ1n) is 19.5. The summed E-state index contributed by atoms with van der Waals surface area (Å²) in [5.41, 5.74) is 2.00. The molecule has 5 amide bonds. The van der Waals surface area contributed by atoms with Crippen LogP contribution in [0.1, 0.15) is 70.0 Å². The zero-order chi connectivity index (χ0) is 46.3. The summed E-state index contributed by atoms with van der Waals surface area (Å²) in [6, 6.07) is -2.12. The lowest BCUT2D eigenvalue weighted by molar-refractivity contribution is -0.109. The largest absolute Gasteiger partial charge is 0.394 e. The van der Waals surface area contributed by atoms with E-state index >= 15 is 0 Å². The van der Waals surface area contributed by atoms with Crippen LogP contribution in [0.15, 0.2) is 0 Å². The van der Waals surface area contributed by atoms with Crippen molar-refractivity contribution in [2.45, 2.75) is 84.6 Å². The molecule has 0 aliphatic heterocycles. The maximum absolute atomic E-state index is 13.6. The SMILES string of the molecule is Cc1c(CNCC(O)CO)c(C)c(N(C=O)CC(O)C(O)CN(C=O)c2c(C)c(C(=O)NCC(O)CO)c(C)c(C(=O)NC(CO)CO)c2C)c(C)c1C(=O)NC(CO)CO. The first-order chi connectivity index (χ1) is 28.8. The Balaban J connectivity index is 2.69. The molecule has 61 heavy (non-hydrogen) atoms. The minimum Gasteiger partial charge on any atom is -0.394 e. The Morgan fingerprint density at radius 2 is 0.902 bits per heavy atom. The predicted octanol–water partition coefficient (Wildman–Crippen LogP) is -4.42. The molecule has 0 heterocycles. The van der Waals surface area contributed by atoms with Gasteiger partial charge in [0.05, 0.1) is 101 Å². The van der Waals surface area contributed by atoms with Gasteiger partial charge in [-0.3, -0.25) is 24.0 Å². The van der Waals surface area contributed by atoms with Crippen LogP contribution in [0.2, 0.25) is 0 Å². The smallest absolute Gasteiger partial charge is 0.252 e. The molecule has 4 unspecified atom stereocenters. The molecule has 2 aromatic carbocycles. The first kappa shape index (κ1) is 52.5. The Labute approximate surface area is 353 Å². The summed E-state index contributed by atoms with van der Waals surface area (Å²) in [5.74, 6) is -2.33. The Hall–Kier alpha value is -4.65. The summed E-state index contributed by atoms with van der Waals surface area (Å²) in [5, 5.41) is 110. The van der Waals surface area contributed by atoms with Gasteiger partial charge in [-0.25, -0.2) is 0 Å². The maximum atomic E-state index is 13.6. The van der Waals surface area contributed by atoms with E-state index in [2.05, 4.69) is 21.3 Å². The van der Waals surface area contributed by atoms with Crippen LogP contribution < -0.4 is 31.1 Å². The predicted molar refractivity (Wildman–Crippen MR) is 221 cm³/mol. The first-order valence-corrected chi connectivity index (χ1v) is 19.5. The molecule has 0 saturated carbocycles. The molecule has 14 N–H and O–H groups in total. The Morgan fingerprint density at radius 1 is 0.525 bits per heavy atom. The number of carbonyl (C=O) groups is 5. The number of carbonyl (C=O) groups excluding carboxylic acids is 5. The van der Waals surface area contributed by atoms with Crippen molar-refractivity contribution in [3.8, 4) is 0 Å². The van der Waals surface area contributed by atoms with Crippen molar-refractivity contribution in [1.82, 2.24) is 21.3 Å². The fraction of sp³-hybridized carbons (Fsp3) is 0.575. The van der Waals surface area contributed by atoms with E-state index in [9.17, 15) is 75.0 Å². The van der Waals surface area contributed by atoms with Gasteiger partial charge in [-0.2, -0.15) is 0 Å². The third kappa shape index (κ3) is 12.9. The summed E-state index contributed by atoms with van der Waals surface area (Å²) in [6.07, 6.45) is -5.37. The highest BCUT2D eigenvalue weighted by Crippen LogP contribution is 2.36. The molecule has 0 aromatic heterocycles. The molecule has 4 atom stereocenters. The molecule has 342 valence electrons. The molecule has 0 fully saturated rings. The van der Waals surface area contributed by atoms with Gasteiger partial charge in [0.2, 0.25) is 12.8 Å². The van der Waals surface area contributed by atoms with E-state index in [1.165, 1.54) is 27.7 Å². The standard InChI is InChI=1S/C40H62N6O15/c1-20-30(9-41-7-28(55)16-51)21(2)36(23(4)33(20)39(60)43-26(12-47)13-48)45(18-53)10-31(57)32(58)11-46(19-54)37-24(5)34(38(59)42-8-29(56)17-52)22(3)35(25(37)6)40(61)44-27(14-49)15-50/h18-19,26-29,31-32,41,47-52,55-58H,7-17H2,1-6H3,(H,42,59)(H,43,60)(H,44,61). The lowest BCUT2D eigenvalue weighted by Gasteiger charge is -2.32. The van der Waals surface area contributed by atoms with Gasteiger partial charge in [-0.1, -0.05) is 0 Å². The zero-order valence-corrected chi connectivity index (χ0v) is 35.3. The van der Waals surface area contributed by atoms with Crippen molar-refractivity contribution in [1.29, 1.82) is 0 Å². The van der Waals surface area contributed by atoms with E-state index in [0.29, 0.717) is 29.5 Å². The molecule has 0 saturated heterocycles. The number of nitrogens with zero attached hydrogens (tertiary/aromatic N) is 2. The average molecular weight is 867 g/mol. The molecule has 0 bridgehead atoms. The topological polar surface area (TPSA) is 342 Å². The van der Waals surface area contributed by atoms with Gasteiger partial charge >= 0.3 is 0 Å². The highest BCUT2D eigenvalue weighted by atomic mass is 16.3. The third-order valence-corrected chi connectivity index (χ3v) is 10.5. The summed E-state index contributed by atoms with van der Waals surface area (Å²) >= 11 is 0. The molecule has 2 aromatic rings. The maximum Gasteiger partial charge on any atom is 0.252 e. The Morgan fingerprint density at radius 3 is 1.30 bits per heavy atom. The number of benzene rings is 2. The van der Waals surface area contributed by atoms with Gasteiger partial charge < -0.3 is 82.1 Å². The van der Waals surface area contributed by atoms with E-state index in [1.807, 2.05) is 0 Å². The summed E-state index contributed by atoms with van der Waals surface area (Å²) in [6.45, 7) is 3.93. The van der Waals surface area contributed by atoms with E-state index in [-0.39, 0.29) is 70.0 Å². The minimum absolute atomic E-state index is 0.0324. The summed E-state index contributed by atoms with van der Waals surface area (Å²) in [4.78, 5) is 68.3. The fourth-order valence-electron chi connectivity index (χ4n) is 7.24. The van der Waals surface area contributed by atoms with Gasteiger partial charge in [0, 0.05) is 36.3 Å². The molecule has 0 aliphatic carbocycles. The number of aliphatic hydroxyl groups is 10. The number of amides is 5. The number of aliphatic hydroxyl groups excluding tert-OH is 10. The van der Waals surface area contributed by atoms with Crippen molar-refractivity contribution in [2.24, 2.45) is 0 Å². The van der Waals surface area contributed by atoms with Crippen LogP contribution in [0.4, 0.5) is 11.4 Å². The van der Waals surface area contributed by atoms with Crippen molar-refractivity contribution in [3.05, 3.63) is 55.6 Å². The fourth-order valence-corrected chi connectivity index (χ4v) is 7.24. The van der Waals surface area contributed by atoms with Crippen molar-refractivity contribution < 1.29 is 75.0 Å². The van der Waals surface area contributed by atoms with Crippen LogP contribution >= 0.6 is 0 Å². The van der Waals surface area contributed by atoms with E-state index in [0.717, 1.165) is 9.80 Å². The highest BCUT2D eigenvalue weighted by molar-refractivity contribution is 6.07.